The second-order valence-electron chi connectivity index (χ2n) is 5.47. The summed E-state index contributed by atoms with van der Waals surface area (Å²) in [5.74, 6) is 2.19. The van der Waals surface area contributed by atoms with Crippen molar-refractivity contribution < 1.29 is 9.53 Å². The maximum absolute atomic E-state index is 12.8. The predicted molar refractivity (Wildman–Crippen MR) is 87.7 cm³/mol. The number of halogens is 1. The molecule has 4 nitrogen and oxygen atoms in total. The van der Waals surface area contributed by atoms with E-state index in [0.717, 1.165) is 41.8 Å². The van der Waals surface area contributed by atoms with E-state index in [9.17, 15) is 4.79 Å². The summed E-state index contributed by atoms with van der Waals surface area (Å²) in [6.45, 7) is 1.52. The Morgan fingerprint density at radius 2 is 2.38 bits per heavy atom. The molecule has 21 heavy (non-hydrogen) atoms. The first-order chi connectivity index (χ1) is 10.2. The molecule has 2 saturated heterocycles. The standard InChI is InChI=1S/C15H19BrN2O2S/c16-11-3-4-14(17-8-11)15(19)18(12-5-7-21-10-12)9-13-2-1-6-20-13/h3-4,8,12-13H,1-2,5-7,9-10H2. The van der Waals surface area contributed by atoms with Gasteiger partial charge in [0.2, 0.25) is 0 Å². The second-order valence-corrected chi connectivity index (χ2v) is 7.54. The van der Waals surface area contributed by atoms with Crippen molar-refractivity contribution >= 4 is 33.6 Å². The molecule has 1 aromatic rings. The third kappa shape index (κ3) is 3.79. The Kier molecular flexibility index (Phi) is 5.19. The lowest BCUT2D eigenvalue weighted by molar-refractivity contribution is 0.0437. The van der Waals surface area contributed by atoms with Gasteiger partial charge in [-0.1, -0.05) is 0 Å². The van der Waals surface area contributed by atoms with E-state index in [4.69, 9.17) is 4.74 Å². The third-order valence-corrected chi connectivity index (χ3v) is 5.59. The fraction of sp³-hybridized carbons (Fsp3) is 0.600. The van der Waals surface area contributed by atoms with Crippen LogP contribution in [-0.4, -0.2) is 52.6 Å². The summed E-state index contributed by atoms with van der Waals surface area (Å²) in [7, 11) is 0. The highest BCUT2D eigenvalue weighted by molar-refractivity contribution is 9.10. The molecule has 2 atom stereocenters. The Labute approximate surface area is 137 Å². The lowest BCUT2D eigenvalue weighted by Crippen LogP contribution is -2.45. The van der Waals surface area contributed by atoms with E-state index in [1.54, 1.807) is 12.3 Å². The van der Waals surface area contributed by atoms with Gasteiger partial charge in [0.15, 0.2) is 0 Å². The molecule has 3 heterocycles. The highest BCUT2D eigenvalue weighted by Crippen LogP contribution is 2.25. The van der Waals surface area contributed by atoms with Crippen LogP contribution in [-0.2, 0) is 4.74 Å². The number of pyridine rings is 1. The molecule has 0 radical (unpaired) electrons. The van der Waals surface area contributed by atoms with Crippen molar-refractivity contribution in [1.82, 2.24) is 9.88 Å². The number of hydrogen-bond acceptors (Lipinski definition) is 4. The van der Waals surface area contributed by atoms with Crippen molar-refractivity contribution in [2.45, 2.75) is 31.4 Å². The zero-order chi connectivity index (χ0) is 14.7. The Hall–Kier alpha value is -0.590. The number of rotatable bonds is 4. The van der Waals surface area contributed by atoms with Gasteiger partial charge in [-0.3, -0.25) is 4.79 Å². The minimum Gasteiger partial charge on any atom is -0.376 e. The molecule has 0 aromatic carbocycles. The SMILES string of the molecule is O=C(c1ccc(Br)cn1)N(CC1CCCO1)C1CCSC1. The van der Waals surface area contributed by atoms with E-state index in [1.807, 2.05) is 22.7 Å². The molecule has 0 spiro atoms. The molecular formula is C15H19BrN2O2S. The molecule has 6 heteroatoms. The van der Waals surface area contributed by atoms with Crippen molar-refractivity contribution in [2.75, 3.05) is 24.7 Å². The normalized spacial score (nSPS) is 25.2. The van der Waals surface area contributed by atoms with Gasteiger partial charge in [0.25, 0.3) is 5.91 Å². The molecule has 0 saturated carbocycles. The van der Waals surface area contributed by atoms with Crippen LogP contribution in [0.5, 0.6) is 0 Å². The van der Waals surface area contributed by atoms with Gasteiger partial charge in [-0.25, -0.2) is 4.98 Å². The van der Waals surface area contributed by atoms with Gasteiger partial charge in [-0.15, -0.1) is 0 Å². The highest BCUT2D eigenvalue weighted by atomic mass is 79.9. The minimum absolute atomic E-state index is 0.0329. The first kappa shape index (κ1) is 15.3. The van der Waals surface area contributed by atoms with Gasteiger partial charge < -0.3 is 9.64 Å². The van der Waals surface area contributed by atoms with Gasteiger partial charge in [0.1, 0.15) is 5.69 Å². The van der Waals surface area contributed by atoms with Crippen LogP contribution in [0.25, 0.3) is 0 Å². The van der Waals surface area contributed by atoms with Crippen LogP contribution < -0.4 is 0 Å². The van der Waals surface area contributed by atoms with E-state index in [0.29, 0.717) is 18.3 Å². The molecule has 2 aliphatic heterocycles. The topological polar surface area (TPSA) is 42.4 Å². The molecular weight excluding hydrogens is 352 g/mol. The smallest absolute Gasteiger partial charge is 0.272 e. The number of aromatic nitrogens is 1. The maximum Gasteiger partial charge on any atom is 0.272 e. The van der Waals surface area contributed by atoms with Crippen molar-refractivity contribution in [3.8, 4) is 0 Å². The Morgan fingerprint density at radius 1 is 1.48 bits per heavy atom. The highest BCUT2D eigenvalue weighted by Gasteiger charge is 2.31. The van der Waals surface area contributed by atoms with Crippen molar-refractivity contribution in [3.63, 3.8) is 0 Å². The van der Waals surface area contributed by atoms with Gasteiger partial charge in [-0.05, 0) is 53.1 Å². The van der Waals surface area contributed by atoms with Crippen molar-refractivity contribution in [2.24, 2.45) is 0 Å². The van der Waals surface area contributed by atoms with Gasteiger partial charge in [-0.2, -0.15) is 11.8 Å². The van der Waals surface area contributed by atoms with Crippen LogP contribution in [0.2, 0.25) is 0 Å². The predicted octanol–water partition coefficient (Wildman–Crippen LogP) is 2.97. The van der Waals surface area contributed by atoms with Crippen LogP contribution in [0.3, 0.4) is 0 Å². The summed E-state index contributed by atoms with van der Waals surface area (Å²) in [5, 5.41) is 0. The van der Waals surface area contributed by atoms with Crippen LogP contribution >= 0.6 is 27.7 Å². The minimum atomic E-state index is 0.0329. The van der Waals surface area contributed by atoms with E-state index in [-0.39, 0.29) is 12.0 Å². The summed E-state index contributed by atoms with van der Waals surface area (Å²) in [5.41, 5.74) is 0.521. The van der Waals surface area contributed by atoms with Crippen LogP contribution in [0.15, 0.2) is 22.8 Å². The fourth-order valence-electron chi connectivity index (χ4n) is 2.82. The number of hydrogen-bond donors (Lipinski definition) is 0. The molecule has 2 aliphatic rings. The Bertz CT molecular complexity index is 485. The first-order valence-corrected chi connectivity index (χ1v) is 9.30. The largest absolute Gasteiger partial charge is 0.376 e. The molecule has 2 unspecified atom stereocenters. The maximum atomic E-state index is 12.8. The van der Waals surface area contributed by atoms with Gasteiger partial charge in [0, 0.05) is 35.6 Å². The number of carbonyl (C=O) groups is 1. The molecule has 3 rings (SSSR count). The molecule has 1 amide bonds. The summed E-state index contributed by atoms with van der Waals surface area (Å²) in [4.78, 5) is 19.1. The quantitative estimate of drug-likeness (QED) is 0.816. The summed E-state index contributed by atoms with van der Waals surface area (Å²) in [6.07, 6.45) is 5.09. The van der Waals surface area contributed by atoms with Gasteiger partial charge in [0.05, 0.1) is 6.10 Å². The van der Waals surface area contributed by atoms with E-state index < -0.39 is 0 Å². The van der Waals surface area contributed by atoms with E-state index in [1.165, 1.54) is 0 Å². The average Bonchev–Trinajstić information content (AvgIpc) is 3.18. The zero-order valence-electron chi connectivity index (χ0n) is 11.8. The number of carbonyl (C=O) groups excluding carboxylic acids is 1. The molecule has 2 fully saturated rings. The van der Waals surface area contributed by atoms with Crippen LogP contribution in [0.4, 0.5) is 0 Å². The van der Waals surface area contributed by atoms with Crippen molar-refractivity contribution in [1.29, 1.82) is 0 Å². The van der Waals surface area contributed by atoms with Crippen LogP contribution in [0, 0.1) is 0 Å². The summed E-state index contributed by atoms with van der Waals surface area (Å²) >= 11 is 5.28. The van der Waals surface area contributed by atoms with Gasteiger partial charge >= 0.3 is 0 Å². The molecule has 0 N–H and O–H groups in total. The summed E-state index contributed by atoms with van der Waals surface area (Å²) in [6, 6.07) is 3.97. The number of ether oxygens (including phenoxy) is 1. The monoisotopic (exact) mass is 370 g/mol. The fourth-order valence-corrected chi connectivity index (χ4v) is 4.28. The van der Waals surface area contributed by atoms with E-state index >= 15 is 0 Å². The van der Waals surface area contributed by atoms with Crippen molar-refractivity contribution in [3.05, 3.63) is 28.5 Å². The Morgan fingerprint density at radius 3 is 3.00 bits per heavy atom. The van der Waals surface area contributed by atoms with Crippen LogP contribution in [0.1, 0.15) is 29.8 Å². The Balaban J connectivity index is 1.76. The number of nitrogens with zero attached hydrogens (tertiary/aromatic N) is 2. The number of amides is 1. The second kappa shape index (κ2) is 7.11. The summed E-state index contributed by atoms with van der Waals surface area (Å²) < 4.78 is 6.61. The lowest BCUT2D eigenvalue weighted by atomic mass is 10.1. The molecule has 0 aliphatic carbocycles. The number of thioether (sulfide) groups is 1. The molecule has 114 valence electrons. The van der Waals surface area contributed by atoms with E-state index in [2.05, 4.69) is 20.9 Å². The lowest BCUT2D eigenvalue weighted by Gasteiger charge is -2.30. The third-order valence-electron chi connectivity index (χ3n) is 3.98. The first-order valence-electron chi connectivity index (χ1n) is 7.36. The average molecular weight is 371 g/mol. The zero-order valence-corrected chi connectivity index (χ0v) is 14.2. The molecule has 1 aromatic heterocycles. The molecule has 0 bridgehead atoms.